The van der Waals surface area contributed by atoms with Gasteiger partial charge in [-0.3, -0.25) is 4.68 Å². The van der Waals surface area contributed by atoms with Gasteiger partial charge in [0, 0.05) is 31.1 Å². The standard InChI is InChI=1S/C11H22N4O2S/c1-4-18(16,17)7-5-6-15-9-11(13-14-15)8-12-10(2)3/h9-10,12H,4-8H2,1-3H3. The average Bonchev–Trinajstić information content (AvgIpc) is 2.74. The first-order valence-electron chi connectivity index (χ1n) is 6.25. The second kappa shape index (κ2) is 6.84. The van der Waals surface area contributed by atoms with Gasteiger partial charge in [0.25, 0.3) is 0 Å². The Morgan fingerprint density at radius 3 is 2.78 bits per heavy atom. The summed E-state index contributed by atoms with van der Waals surface area (Å²) in [5.41, 5.74) is 0.877. The van der Waals surface area contributed by atoms with Crippen LogP contribution in [-0.2, 0) is 22.9 Å². The summed E-state index contributed by atoms with van der Waals surface area (Å²) in [6.07, 6.45) is 2.44. The van der Waals surface area contributed by atoms with E-state index in [2.05, 4.69) is 29.5 Å². The summed E-state index contributed by atoms with van der Waals surface area (Å²) < 4.78 is 24.3. The molecule has 18 heavy (non-hydrogen) atoms. The minimum atomic E-state index is -2.88. The molecule has 7 heteroatoms. The van der Waals surface area contributed by atoms with E-state index in [0.717, 1.165) is 5.69 Å². The Hall–Kier alpha value is -0.950. The van der Waals surface area contributed by atoms with Gasteiger partial charge < -0.3 is 5.32 Å². The van der Waals surface area contributed by atoms with Gasteiger partial charge in [-0.1, -0.05) is 26.0 Å². The molecule has 0 fully saturated rings. The molecule has 0 aliphatic heterocycles. The molecule has 1 aromatic heterocycles. The largest absolute Gasteiger partial charge is 0.309 e. The van der Waals surface area contributed by atoms with Crippen LogP contribution in [0.15, 0.2) is 6.20 Å². The van der Waals surface area contributed by atoms with Crippen molar-refractivity contribution in [1.29, 1.82) is 0 Å². The van der Waals surface area contributed by atoms with Gasteiger partial charge in [-0.15, -0.1) is 5.10 Å². The van der Waals surface area contributed by atoms with Gasteiger partial charge >= 0.3 is 0 Å². The fourth-order valence-electron chi connectivity index (χ4n) is 1.43. The lowest BCUT2D eigenvalue weighted by Gasteiger charge is -2.04. The molecule has 0 amide bonds. The highest BCUT2D eigenvalue weighted by Gasteiger charge is 2.07. The third kappa shape index (κ3) is 5.59. The quantitative estimate of drug-likeness (QED) is 0.751. The first-order chi connectivity index (χ1) is 8.43. The molecule has 104 valence electrons. The van der Waals surface area contributed by atoms with Crippen LogP contribution >= 0.6 is 0 Å². The highest BCUT2D eigenvalue weighted by atomic mass is 32.2. The monoisotopic (exact) mass is 274 g/mol. The van der Waals surface area contributed by atoms with E-state index in [0.29, 0.717) is 25.6 Å². The molecule has 1 rings (SSSR count). The Labute approximate surface area is 109 Å². The average molecular weight is 274 g/mol. The third-order valence-electron chi connectivity index (χ3n) is 2.56. The van der Waals surface area contributed by atoms with E-state index in [-0.39, 0.29) is 11.5 Å². The minimum absolute atomic E-state index is 0.202. The summed E-state index contributed by atoms with van der Waals surface area (Å²) in [4.78, 5) is 0. The Bertz CT molecular complexity index is 453. The molecule has 0 unspecified atom stereocenters. The first-order valence-corrected chi connectivity index (χ1v) is 8.08. The molecule has 0 aliphatic rings. The summed E-state index contributed by atoms with van der Waals surface area (Å²) in [7, 11) is -2.88. The second-order valence-electron chi connectivity index (χ2n) is 4.60. The lowest BCUT2D eigenvalue weighted by Crippen LogP contribution is -2.21. The van der Waals surface area contributed by atoms with Gasteiger partial charge in [0.2, 0.25) is 0 Å². The lowest BCUT2D eigenvalue weighted by molar-refractivity contribution is 0.562. The molecule has 1 heterocycles. The van der Waals surface area contributed by atoms with Crippen LogP contribution in [0.4, 0.5) is 0 Å². The summed E-state index contributed by atoms with van der Waals surface area (Å²) in [5, 5.41) is 11.2. The van der Waals surface area contributed by atoms with Gasteiger partial charge in [-0.05, 0) is 6.42 Å². The topological polar surface area (TPSA) is 76.9 Å². The number of nitrogens with zero attached hydrogens (tertiary/aromatic N) is 3. The van der Waals surface area contributed by atoms with Crippen molar-refractivity contribution in [3.8, 4) is 0 Å². The molecule has 0 radical (unpaired) electrons. The van der Waals surface area contributed by atoms with Crippen LogP contribution in [0.2, 0.25) is 0 Å². The number of hydrogen-bond donors (Lipinski definition) is 1. The highest BCUT2D eigenvalue weighted by molar-refractivity contribution is 7.91. The van der Waals surface area contributed by atoms with Crippen LogP contribution in [0, 0.1) is 0 Å². The molecule has 1 N–H and O–H groups in total. The zero-order valence-corrected chi connectivity index (χ0v) is 12.1. The minimum Gasteiger partial charge on any atom is -0.309 e. The first kappa shape index (κ1) is 15.1. The Kier molecular flexibility index (Phi) is 5.74. The molecular weight excluding hydrogens is 252 g/mol. The van der Waals surface area contributed by atoms with Gasteiger partial charge in [0.15, 0.2) is 0 Å². The fraction of sp³-hybridized carbons (Fsp3) is 0.818. The number of aryl methyl sites for hydroxylation is 1. The molecule has 0 aromatic carbocycles. The maximum atomic E-state index is 11.3. The summed E-state index contributed by atoms with van der Waals surface area (Å²) in [6, 6.07) is 0.407. The molecule has 0 saturated carbocycles. The zero-order valence-electron chi connectivity index (χ0n) is 11.3. The van der Waals surface area contributed by atoms with Crippen molar-refractivity contribution in [1.82, 2.24) is 20.3 Å². The van der Waals surface area contributed by atoms with Crippen LogP contribution in [-0.4, -0.2) is 41.0 Å². The number of rotatable bonds is 8. The second-order valence-corrected chi connectivity index (χ2v) is 7.07. The number of hydrogen-bond acceptors (Lipinski definition) is 5. The predicted molar refractivity (Wildman–Crippen MR) is 70.9 cm³/mol. The Morgan fingerprint density at radius 2 is 2.17 bits per heavy atom. The number of nitrogens with one attached hydrogen (secondary N) is 1. The molecule has 0 atom stereocenters. The van der Waals surface area contributed by atoms with E-state index >= 15 is 0 Å². The van der Waals surface area contributed by atoms with E-state index in [1.165, 1.54) is 0 Å². The van der Waals surface area contributed by atoms with Crippen LogP contribution in [0.25, 0.3) is 0 Å². The van der Waals surface area contributed by atoms with Crippen LogP contribution in [0.5, 0.6) is 0 Å². The molecule has 0 saturated heterocycles. The lowest BCUT2D eigenvalue weighted by atomic mass is 10.3. The molecule has 6 nitrogen and oxygen atoms in total. The Morgan fingerprint density at radius 1 is 1.44 bits per heavy atom. The zero-order chi connectivity index (χ0) is 13.6. The van der Waals surface area contributed by atoms with Crippen molar-refractivity contribution in [2.24, 2.45) is 0 Å². The predicted octanol–water partition coefficient (Wildman–Crippen LogP) is 0.601. The van der Waals surface area contributed by atoms with Crippen LogP contribution in [0.3, 0.4) is 0 Å². The number of sulfone groups is 1. The molecule has 0 aliphatic carbocycles. The summed E-state index contributed by atoms with van der Waals surface area (Å²) >= 11 is 0. The SMILES string of the molecule is CCS(=O)(=O)CCCn1cc(CNC(C)C)nn1. The van der Waals surface area contributed by atoms with E-state index < -0.39 is 9.84 Å². The van der Waals surface area contributed by atoms with Crippen molar-refractivity contribution in [3.05, 3.63) is 11.9 Å². The van der Waals surface area contributed by atoms with E-state index in [9.17, 15) is 8.42 Å². The fourth-order valence-corrected chi connectivity index (χ4v) is 2.29. The van der Waals surface area contributed by atoms with E-state index in [1.807, 2.05) is 6.20 Å². The maximum Gasteiger partial charge on any atom is 0.150 e. The van der Waals surface area contributed by atoms with Crippen molar-refractivity contribution in [2.75, 3.05) is 11.5 Å². The van der Waals surface area contributed by atoms with E-state index in [4.69, 9.17) is 0 Å². The smallest absolute Gasteiger partial charge is 0.150 e. The molecular formula is C11H22N4O2S. The molecule has 1 aromatic rings. The van der Waals surface area contributed by atoms with Gasteiger partial charge in [-0.2, -0.15) is 0 Å². The van der Waals surface area contributed by atoms with Crippen molar-refractivity contribution in [2.45, 2.75) is 46.3 Å². The van der Waals surface area contributed by atoms with Gasteiger partial charge in [0.1, 0.15) is 9.84 Å². The van der Waals surface area contributed by atoms with Crippen molar-refractivity contribution < 1.29 is 8.42 Å². The molecule has 0 bridgehead atoms. The van der Waals surface area contributed by atoms with Gasteiger partial charge in [-0.25, -0.2) is 8.42 Å². The van der Waals surface area contributed by atoms with Crippen molar-refractivity contribution >= 4 is 9.84 Å². The highest BCUT2D eigenvalue weighted by Crippen LogP contribution is 1.98. The Balaban J connectivity index is 2.35. The van der Waals surface area contributed by atoms with Gasteiger partial charge in [0.05, 0.1) is 11.4 Å². The number of aromatic nitrogens is 3. The summed E-state index contributed by atoms with van der Waals surface area (Å²) in [6.45, 7) is 7.08. The van der Waals surface area contributed by atoms with Crippen LogP contribution < -0.4 is 5.32 Å². The normalized spacial score (nSPS) is 12.2. The van der Waals surface area contributed by atoms with Crippen LogP contribution in [0.1, 0.15) is 32.9 Å². The van der Waals surface area contributed by atoms with Crippen molar-refractivity contribution in [3.63, 3.8) is 0 Å². The van der Waals surface area contributed by atoms with E-state index in [1.54, 1.807) is 11.6 Å². The third-order valence-corrected chi connectivity index (χ3v) is 4.35. The summed E-state index contributed by atoms with van der Waals surface area (Å²) in [5.74, 6) is 0.414. The maximum absolute atomic E-state index is 11.3. The molecule has 0 spiro atoms.